The van der Waals surface area contributed by atoms with Crippen LogP contribution in [0.2, 0.25) is 0 Å². The van der Waals surface area contributed by atoms with Gasteiger partial charge in [0.05, 0.1) is 11.6 Å². The van der Waals surface area contributed by atoms with E-state index >= 15 is 0 Å². The zero-order chi connectivity index (χ0) is 21.4. The molecule has 2 unspecified atom stereocenters. The molecule has 7 heteroatoms. The number of carbonyl (C=O) groups excluding carboxylic acids is 1. The van der Waals surface area contributed by atoms with Crippen LogP contribution in [0, 0.1) is 11.7 Å². The number of para-hydroxylation sites is 1. The van der Waals surface area contributed by atoms with Crippen molar-refractivity contribution in [2.45, 2.75) is 30.6 Å². The summed E-state index contributed by atoms with van der Waals surface area (Å²) in [5.41, 5.74) is 3.61. The van der Waals surface area contributed by atoms with Gasteiger partial charge in [-0.2, -0.15) is 12.6 Å². The van der Waals surface area contributed by atoms with E-state index in [1.54, 1.807) is 12.1 Å². The summed E-state index contributed by atoms with van der Waals surface area (Å²) in [4.78, 5) is 19.9. The molecule has 2 atom stereocenters. The fourth-order valence-corrected chi connectivity index (χ4v) is 4.73. The van der Waals surface area contributed by atoms with Gasteiger partial charge in [0.25, 0.3) is 0 Å². The first-order valence-electron chi connectivity index (χ1n) is 10.9. The molecule has 2 aliphatic rings. The average molecular weight is 505 g/mol. The lowest BCUT2D eigenvalue weighted by atomic mass is 9.93. The van der Waals surface area contributed by atoms with E-state index in [4.69, 9.17) is 12.6 Å². The molecule has 1 saturated heterocycles. The number of ketones is 1. The molecule has 2 fully saturated rings. The van der Waals surface area contributed by atoms with E-state index in [2.05, 4.69) is 28.1 Å². The van der Waals surface area contributed by atoms with Crippen molar-refractivity contribution in [2.75, 3.05) is 13.1 Å². The van der Waals surface area contributed by atoms with Gasteiger partial charge in [-0.3, -0.25) is 14.7 Å². The monoisotopic (exact) mass is 504 g/mol. The van der Waals surface area contributed by atoms with E-state index in [-0.39, 0.29) is 47.6 Å². The van der Waals surface area contributed by atoms with Crippen LogP contribution in [0.4, 0.5) is 4.39 Å². The zero-order valence-electron chi connectivity index (χ0n) is 18.1. The fraction of sp³-hybridized carbons (Fsp3) is 0.308. The first kappa shape index (κ1) is 25.7. The second-order valence-electron chi connectivity index (χ2n) is 8.56. The Morgan fingerprint density at radius 1 is 1.09 bits per heavy atom. The molecule has 0 N–H and O–H groups in total. The van der Waals surface area contributed by atoms with Gasteiger partial charge in [0.1, 0.15) is 5.82 Å². The van der Waals surface area contributed by atoms with Gasteiger partial charge in [-0.15, -0.1) is 24.8 Å². The number of hydrogen-bond acceptors (Lipinski definition) is 4. The summed E-state index contributed by atoms with van der Waals surface area (Å²) in [6, 6.07) is 16.3. The van der Waals surface area contributed by atoms with Crippen LogP contribution in [0.3, 0.4) is 0 Å². The van der Waals surface area contributed by atoms with Crippen LogP contribution in [0.15, 0.2) is 66.4 Å². The van der Waals surface area contributed by atoms with Crippen LogP contribution >= 0.6 is 37.4 Å². The SMILES string of the molecule is Cl.Cl.O=C(C1CC1)C(c1ccccc1F)N1CCC(S)C(=Cc2cnc3ccccc3c2)C1. The third kappa shape index (κ3) is 5.60. The van der Waals surface area contributed by atoms with Crippen molar-refractivity contribution in [1.82, 2.24) is 9.88 Å². The number of Topliss-reactive ketones (excluding diaryl/α,β-unsaturated/α-hetero) is 1. The van der Waals surface area contributed by atoms with Crippen molar-refractivity contribution in [3.8, 4) is 0 Å². The second-order valence-corrected chi connectivity index (χ2v) is 9.18. The predicted octanol–water partition coefficient (Wildman–Crippen LogP) is 6.33. The van der Waals surface area contributed by atoms with E-state index in [0.717, 1.165) is 47.8 Å². The van der Waals surface area contributed by atoms with Gasteiger partial charge >= 0.3 is 0 Å². The minimum atomic E-state index is -0.535. The number of benzene rings is 2. The van der Waals surface area contributed by atoms with E-state index in [1.165, 1.54) is 6.07 Å². The van der Waals surface area contributed by atoms with Crippen molar-refractivity contribution in [1.29, 1.82) is 0 Å². The molecule has 0 bridgehead atoms. The van der Waals surface area contributed by atoms with Crippen LogP contribution in [-0.2, 0) is 4.79 Å². The van der Waals surface area contributed by atoms with Crippen molar-refractivity contribution in [3.63, 3.8) is 0 Å². The van der Waals surface area contributed by atoms with Crippen LogP contribution in [0.1, 0.15) is 36.4 Å². The standard InChI is InChI=1S/C26H25FN2OS.2ClH/c27-22-7-3-2-6-21(22)25(26(30)18-9-10-18)29-12-11-24(31)20(16-29)14-17-13-19-5-1-4-8-23(19)28-15-17;;/h1-8,13-15,18,24-25,31H,9-12,16H2;2*1H. The molecular formula is C26H27Cl2FN2OS. The maximum absolute atomic E-state index is 14.7. The molecule has 0 radical (unpaired) electrons. The summed E-state index contributed by atoms with van der Waals surface area (Å²) >= 11 is 4.81. The molecule has 0 amide bonds. The van der Waals surface area contributed by atoms with Crippen molar-refractivity contribution >= 4 is 60.2 Å². The van der Waals surface area contributed by atoms with Crippen LogP contribution in [-0.4, -0.2) is 34.0 Å². The lowest BCUT2D eigenvalue weighted by Gasteiger charge is -2.37. The average Bonchev–Trinajstić information content (AvgIpc) is 3.63. The molecule has 1 aliphatic carbocycles. The molecule has 0 spiro atoms. The maximum Gasteiger partial charge on any atom is 0.157 e. The lowest BCUT2D eigenvalue weighted by molar-refractivity contribution is -0.126. The Balaban J connectivity index is 0.00000153. The Bertz CT molecular complexity index is 1170. The quantitative estimate of drug-likeness (QED) is 0.412. The number of pyridine rings is 1. The van der Waals surface area contributed by atoms with Crippen LogP contribution in [0.25, 0.3) is 17.0 Å². The summed E-state index contributed by atoms with van der Waals surface area (Å²) < 4.78 is 14.7. The number of halogens is 3. The van der Waals surface area contributed by atoms with E-state index < -0.39 is 6.04 Å². The molecule has 2 heterocycles. The van der Waals surface area contributed by atoms with Gasteiger partial charge in [-0.25, -0.2) is 4.39 Å². The van der Waals surface area contributed by atoms with E-state index in [9.17, 15) is 9.18 Å². The van der Waals surface area contributed by atoms with Gasteiger partial charge in [-0.1, -0.05) is 42.5 Å². The third-order valence-corrected chi connectivity index (χ3v) is 6.87. The molecule has 33 heavy (non-hydrogen) atoms. The summed E-state index contributed by atoms with van der Waals surface area (Å²) in [5, 5.41) is 1.20. The molecule has 1 aromatic heterocycles. The highest BCUT2D eigenvalue weighted by Gasteiger charge is 2.40. The summed E-state index contributed by atoms with van der Waals surface area (Å²) in [5.74, 6) is -0.0939. The van der Waals surface area contributed by atoms with E-state index in [0.29, 0.717) is 12.1 Å². The molecule has 1 saturated carbocycles. The first-order valence-corrected chi connectivity index (χ1v) is 11.4. The normalized spacial score (nSPS) is 20.7. The van der Waals surface area contributed by atoms with E-state index in [1.807, 2.05) is 30.5 Å². The minimum Gasteiger partial charge on any atom is -0.297 e. The molecule has 174 valence electrons. The number of rotatable bonds is 5. The van der Waals surface area contributed by atoms with Crippen LogP contribution in [0.5, 0.6) is 0 Å². The summed E-state index contributed by atoms with van der Waals surface area (Å²) in [6.45, 7) is 1.32. The number of hydrogen-bond donors (Lipinski definition) is 1. The largest absolute Gasteiger partial charge is 0.297 e. The second kappa shape index (κ2) is 11.0. The molecule has 3 nitrogen and oxygen atoms in total. The highest BCUT2D eigenvalue weighted by Crippen LogP contribution is 2.39. The number of aromatic nitrogens is 1. The Labute approximate surface area is 211 Å². The third-order valence-electron chi connectivity index (χ3n) is 6.28. The first-order chi connectivity index (χ1) is 15.1. The Morgan fingerprint density at radius 3 is 2.58 bits per heavy atom. The van der Waals surface area contributed by atoms with Crippen molar-refractivity contribution in [3.05, 3.63) is 83.3 Å². The highest BCUT2D eigenvalue weighted by molar-refractivity contribution is 7.81. The lowest BCUT2D eigenvalue weighted by Crippen LogP contribution is -2.42. The Morgan fingerprint density at radius 2 is 1.82 bits per heavy atom. The topological polar surface area (TPSA) is 33.2 Å². The number of likely N-dealkylation sites (tertiary alicyclic amines) is 1. The summed E-state index contributed by atoms with van der Waals surface area (Å²) in [7, 11) is 0. The van der Waals surface area contributed by atoms with Gasteiger partial charge in [0.2, 0.25) is 0 Å². The minimum absolute atomic E-state index is 0. The van der Waals surface area contributed by atoms with Crippen LogP contribution < -0.4 is 0 Å². The number of fused-ring (bicyclic) bond motifs is 1. The highest BCUT2D eigenvalue weighted by atomic mass is 35.5. The smallest absolute Gasteiger partial charge is 0.157 e. The molecule has 1 aliphatic heterocycles. The molecule has 5 rings (SSSR count). The number of nitrogens with zero attached hydrogens (tertiary/aromatic N) is 2. The molecule has 2 aromatic carbocycles. The van der Waals surface area contributed by atoms with Crippen molar-refractivity contribution < 1.29 is 9.18 Å². The van der Waals surface area contributed by atoms with Gasteiger partial charge in [0.15, 0.2) is 5.78 Å². The maximum atomic E-state index is 14.7. The molecular weight excluding hydrogens is 478 g/mol. The molecule has 3 aromatic rings. The van der Waals surface area contributed by atoms with Crippen molar-refractivity contribution in [2.24, 2.45) is 5.92 Å². The van der Waals surface area contributed by atoms with Gasteiger partial charge in [0, 0.05) is 41.4 Å². The van der Waals surface area contributed by atoms with Gasteiger partial charge in [-0.05, 0) is 48.6 Å². The number of piperidine rings is 1. The predicted molar refractivity (Wildman–Crippen MR) is 140 cm³/mol. The Hall–Kier alpha value is -1.92. The van der Waals surface area contributed by atoms with Gasteiger partial charge < -0.3 is 0 Å². The zero-order valence-corrected chi connectivity index (χ0v) is 20.6. The Kier molecular flexibility index (Phi) is 8.57. The summed E-state index contributed by atoms with van der Waals surface area (Å²) in [6.07, 6.45) is 6.65. The number of thiol groups is 1. The number of carbonyl (C=O) groups is 1. The fourth-order valence-electron chi connectivity index (χ4n) is 4.45.